The minimum atomic E-state index is -0.468. The zero-order valence-corrected chi connectivity index (χ0v) is 29.7. The van der Waals surface area contributed by atoms with Crippen LogP contribution in [0.3, 0.4) is 0 Å². The van der Waals surface area contributed by atoms with Crippen molar-refractivity contribution in [2.75, 3.05) is 60.5 Å². The number of rotatable bonds is 10. The van der Waals surface area contributed by atoms with Gasteiger partial charge in [0.2, 0.25) is 5.91 Å². The molecule has 13 heteroatoms. The summed E-state index contributed by atoms with van der Waals surface area (Å²) in [5.74, 6) is 0.871. The Balaban J connectivity index is 1.09. The van der Waals surface area contributed by atoms with Gasteiger partial charge in [-0.05, 0) is 69.4 Å². The number of halogens is 2. The minimum absolute atomic E-state index is 0.0603. The van der Waals surface area contributed by atoms with Gasteiger partial charge >= 0.3 is 0 Å². The molecule has 0 radical (unpaired) electrons. The molecule has 0 unspecified atom stereocenters. The van der Waals surface area contributed by atoms with Gasteiger partial charge in [-0.3, -0.25) is 19.4 Å². The van der Waals surface area contributed by atoms with Crippen molar-refractivity contribution in [3.05, 3.63) is 71.8 Å². The maximum atomic E-state index is 13.9. The first kappa shape index (κ1) is 34.5. The van der Waals surface area contributed by atoms with E-state index in [0.29, 0.717) is 59.9 Å². The van der Waals surface area contributed by atoms with Gasteiger partial charge in [-0.1, -0.05) is 24.2 Å². The first-order valence-electron chi connectivity index (χ1n) is 17.6. The third kappa shape index (κ3) is 7.25. The summed E-state index contributed by atoms with van der Waals surface area (Å²) in [6, 6.07) is 12.6. The van der Waals surface area contributed by atoms with Gasteiger partial charge < -0.3 is 20.3 Å². The predicted molar refractivity (Wildman–Crippen MR) is 195 cm³/mol. The Morgan fingerprint density at radius 3 is 2.38 bits per heavy atom. The Morgan fingerprint density at radius 2 is 1.72 bits per heavy atom. The lowest BCUT2D eigenvalue weighted by Crippen LogP contribution is -2.61. The van der Waals surface area contributed by atoms with Crippen molar-refractivity contribution < 1.29 is 18.8 Å². The third-order valence-electron chi connectivity index (χ3n) is 10.5. The summed E-state index contributed by atoms with van der Waals surface area (Å²) in [6.45, 7) is 12.9. The number of carbonyl (C=O) groups excluding carboxylic acids is 1. The fourth-order valence-corrected chi connectivity index (χ4v) is 8.00. The number of hydrogen-bond donors (Lipinski definition) is 2. The Labute approximate surface area is 298 Å². The number of nitrogens with one attached hydrogen (secondary N) is 2. The second kappa shape index (κ2) is 14.7. The first-order valence-corrected chi connectivity index (χ1v) is 18.0. The normalized spacial score (nSPS) is 23.6. The van der Waals surface area contributed by atoms with Crippen LogP contribution in [0, 0.1) is 5.82 Å². The number of methoxy groups -OCH3 is 1. The molecule has 50 heavy (non-hydrogen) atoms. The largest absolute Gasteiger partial charge is 0.494 e. The van der Waals surface area contributed by atoms with Crippen LogP contribution in [0.4, 0.5) is 33.1 Å². The molecule has 3 atom stereocenters. The summed E-state index contributed by atoms with van der Waals surface area (Å²) in [5.41, 5.74) is 3.00. The SMILES string of the molecule is C=CC(=O)Nc1cc(Nc2cc(N3OCC[C@@H]3c3ccc(F)c(Cl)c3)ncn2)c(OC)cc1N1CCC(N2C[C@@H](C)N(C3CC3)C[C@H]2C)CC1. The summed E-state index contributed by atoms with van der Waals surface area (Å²) >= 11 is 6.09. The fourth-order valence-electron chi connectivity index (χ4n) is 7.81. The number of aromatic nitrogens is 2. The Bertz CT molecular complexity index is 1720. The van der Waals surface area contributed by atoms with Crippen LogP contribution in [0.1, 0.15) is 57.6 Å². The maximum absolute atomic E-state index is 13.9. The van der Waals surface area contributed by atoms with Crippen molar-refractivity contribution in [3.8, 4) is 5.75 Å². The molecule has 7 rings (SSSR count). The zero-order valence-electron chi connectivity index (χ0n) is 28.9. The average molecular weight is 705 g/mol. The van der Waals surface area contributed by atoms with Crippen molar-refractivity contribution in [1.29, 1.82) is 0 Å². The van der Waals surface area contributed by atoms with E-state index in [1.807, 2.05) is 12.1 Å². The van der Waals surface area contributed by atoms with Gasteiger partial charge in [-0.15, -0.1) is 0 Å². The maximum Gasteiger partial charge on any atom is 0.247 e. The molecule has 3 aromatic rings. The standard InChI is InChI=1S/C37H46ClFN8O3/c1-5-37(48)43-30-17-31(42-35-19-36(41-22-40-35)47-32(12-15-50-47)25-6-9-29(39)28(38)16-25)34(49-4)18-33(30)44-13-10-27(11-14-44)46-21-23(2)45(20-24(46)3)26-7-8-26/h5-6,9,16-19,22-24,26-27,32H,1,7-8,10-15,20-21H2,2-4H3,(H,43,48)(H,40,41,42)/t23-,24-,32-/m1/s1. The number of piperazine rings is 1. The van der Waals surface area contributed by atoms with E-state index < -0.39 is 5.82 Å². The molecule has 4 heterocycles. The number of carbonyl (C=O) groups is 1. The van der Waals surface area contributed by atoms with Crippen molar-refractivity contribution in [3.63, 3.8) is 0 Å². The van der Waals surface area contributed by atoms with Crippen LogP contribution in [0.25, 0.3) is 0 Å². The highest BCUT2D eigenvalue weighted by Gasteiger charge is 2.40. The highest BCUT2D eigenvalue weighted by Crippen LogP contribution is 2.41. The smallest absolute Gasteiger partial charge is 0.247 e. The molecule has 2 N–H and O–H groups in total. The molecule has 11 nitrogen and oxygen atoms in total. The van der Waals surface area contributed by atoms with E-state index in [0.717, 1.165) is 56.3 Å². The lowest BCUT2D eigenvalue weighted by molar-refractivity contribution is -0.111. The van der Waals surface area contributed by atoms with Crippen molar-refractivity contribution in [2.24, 2.45) is 0 Å². The van der Waals surface area contributed by atoms with E-state index in [9.17, 15) is 9.18 Å². The van der Waals surface area contributed by atoms with E-state index in [4.69, 9.17) is 21.2 Å². The zero-order chi connectivity index (χ0) is 34.9. The Morgan fingerprint density at radius 1 is 1.00 bits per heavy atom. The lowest BCUT2D eigenvalue weighted by Gasteiger charge is -2.49. The number of piperidine rings is 1. The van der Waals surface area contributed by atoms with E-state index in [2.05, 4.69) is 55.7 Å². The van der Waals surface area contributed by atoms with Crippen LogP contribution in [-0.2, 0) is 9.63 Å². The van der Waals surface area contributed by atoms with Gasteiger partial charge in [0.1, 0.15) is 23.7 Å². The third-order valence-corrected chi connectivity index (χ3v) is 10.8. The number of hydroxylamine groups is 1. The number of benzene rings is 2. The van der Waals surface area contributed by atoms with Gasteiger partial charge in [0.25, 0.3) is 0 Å². The Hall–Kier alpha value is -3.97. The number of nitrogens with zero attached hydrogens (tertiary/aromatic N) is 6. The lowest BCUT2D eigenvalue weighted by atomic mass is 9.97. The van der Waals surface area contributed by atoms with Crippen molar-refractivity contribution in [1.82, 2.24) is 19.8 Å². The van der Waals surface area contributed by atoms with Crippen molar-refractivity contribution >= 4 is 46.2 Å². The Kier molecular flexibility index (Phi) is 10.1. The number of anilines is 5. The average Bonchev–Trinajstić information content (AvgIpc) is 3.85. The molecular weight excluding hydrogens is 659 g/mol. The van der Waals surface area contributed by atoms with Gasteiger partial charge in [0.05, 0.1) is 41.8 Å². The van der Waals surface area contributed by atoms with Crippen LogP contribution in [-0.4, -0.2) is 89.7 Å². The molecule has 2 aromatic carbocycles. The summed E-state index contributed by atoms with van der Waals surface area (Å²) in [7, 11) is 1.63. The predicted octanol–water partition coefficient (Wildman–Crippen LogP) is 6.55. The molecule has 1 saturated carbocycles. The van der Waals surface area contributed by atoms with E-state index >= 15 is 0 Å². The molecule has 3 saturated heterocycles. The topological polar surface area (TPSA) is 98.3 Å². The summed E-state index contributed by atoms with van der Waals surface area (Å²) < 4.78 is 19.8. The summed E-state index contributed by atoms with van der Waals surface area (Å²) in [6.07, 6.45) is 8.20. The molecule has 0 bridgehead atoms. The van der Waals surface area contributed by atoms with Gasteiger partial charge in [-0.2, -0.15) is 0 Å². The molecule has 1 amide bonds. The van der Waals surface area contributed by atoms with Crippen LogP contribution in [0.2, 0.25) is 5.02 Å². The van der Waals surface area contributed by atoms with E-state index in [1.54, 1.807) is 30.4 Å². The summed E-state index contributed by atoms with van der Waals surface area (Å²) in [4.78, 5) is 35.3. The monoisotopic (exact) mass is 704 g/mol. The van der Waals surface area contributed by atoms with Crippen LogP contribution in [0.5, 0.6) is 5.75 Å². The quantitative estimate of drug-likeness (QED) is 0.226. The number of ether oxygens (including phenoxy) is 1. The van der Waals surface area contributed by atoms with Crippen LogP contribution in [0.15, 0.2) is 55.4 Å². The number of amides is 1. The van der Waals surface area contributed by atoms with E-state index in [1.165, 1.54) is 31.3 Å². The minimum Gasteiger partial charge on any atom is -0.494 e. The van der Waals surface area contributed by atoms with Gasteiger partial charge in [-0.25, -0.2) is 19.4 Å². The van der Waals surface area contributed by atoms with Crippen LogP contribution >= 0.6 is 11.6 Å². The second-order valence-electron chi connectivity index (χ2n) is 13.8. The van der Waals surface area contributed by atoms with E-state index in [-0.39, 0.29) is 17.0 Å². The van der Waals surface area contributed by atoms with Crippen molar-refractivity contribution in [2.45, 2.75) is 76.2 Å². The summed E-state index contributed by atoms with van der Waals surface area (Å²) in [5, 5.41) is 8.14. The fraction of sp³-hybridized carbons (Fsp3) is 0.486. The molecule has 1 aliphatic carbocycles. The highest BCUT2D eigenvalue weighted by atomic mass is 35.5. The second-order valence-corrected chi connectivity index (χ2v) is 14.2. The van der Waals surface area contributed by atoms with Crippen LogP contribution < -0.4 is 25.3 Å². The first-order chi connectivity index (χ1) is 24.2. The molecule has 0 spiro atoms. The molecule has 1 aromatic heterocycles. The molecule has 3 aliphatic heterocycles. The molecular formula is C37H46ClFN8O3. The molecule has 266 valence electrons. The molecule has 4 aliphatic rings. The highest BCUT2D eigenvalue weighted by molar-refractivity contribution is 6.30. The van der Waals surface area contributed by atoms with Gasteiger partial charge in [0, 0.05) is 68.9 Å². The molecule has 4 fully saturated rings. The van der Waals surface area contributed by atoms with Gasteiger partial charge in [0.15, 0.2) is 5.82 Å². The number of hydrogen-bond acceptors (Lipinski definition) is 10.